The van der Waals surface area contributed by atoms with E-state index in [0.29, 0.717) is 22.2 Å². The van der Waals surface area contributed by atoms with Crippen molar-refractivity contribution in [2.75, 3.05) is 12.3 Å². The second kappa shape index (κ2) is 5.90. The van der Waals surface area contributed by atoms with E-state index in [9.17, 15) is 4.79 Å². The number of aromatic nitrogens is 1. The number of rotatable bonds is 5. The Bertz CT molecular complexity index is 436. The Kier molecular flexibility index (Phi) is 4.45. The Labute approximate surface area is 118 Å². The Hall–Kier alpha value is -1.10. The minimum atomic E-state index is -0.0945. The molecule has 1 amide bonds. The van der Waals surface area contributed by atoms with Gasteiger partial charge in [0, 0.05) is 11.9 Å². The van der Waals surface area contributed by atoms with Crippen LogP contribution >= 0.6 is 11.3 Å². The minimum Gasteiger partial charge on any atom is -0.375 e. The number of hydrogen-bond acceptors (Lipinski definition) is 4. The van der Waals surface area contributed by atoms with E-state index in [-0.39, 0.29) is 5.91 Å². The third-order valence-corrected chi connectivity index (χ3v) is 4.56. The molecule has 1 aliphatic carbocycles. The fraction of sp³-hybridized carbons (Fsp3) is 0.714. The molecule has 0 bridgehead atoms. The molecule has 2 rings (SSSR count). The van der Waals surface area contributed by atoms with Crippen LogP contribution in [0.25, 0.3) is 0 Å². The molecular formula is C14H23N3OS. The van der Waals surface area contributed by atoms with E-state index in [2.05, 4.69) is 24.1 Å². The Morgan fingerprint density at radius 1 is 1.53 bits per heavy atom. The van der Waals surface area contributed by atoms with Crippen LogP contribution in [0.4, 0.5) is 5.13 Å². The molecule has 0 saturated heterocycles. The van der Waals surface area contributed by atoms with Gasteiger partial charge < -0.3 is 11.1 Å². The highest BCUT2D eigenvalue weighted by atomic mass is 32.1. The molecular weight excluding hydrogens is 258 g/mol. The molecule has 1 aliphatic rings. The normalized spacial score (nSPS) is 17.8. The molecule has 1 heterocycles. The van der Waals surface area contributed by atoms with Gasteiger partial charge in [-0.05, 0) is 30.6 Å². The maximum Gasteiger partial charge on any atom is 0.270 e. The van der Waals surface area contributed by atoms with Crippen LogP contribution in [-0.2, 0) is 0 Å². The second-order valence-corrected chi connectivity index (χ2v) is 6.95. The highest BCUT2D eigenvalue weighted by molar-refractivity contribution is 7.13. The van der Waals surface area contributed by atoms with Gasteiger partial charge in [0.2, 0.25) is 0 Å². The van der Waals surface area contributed by atoms with E-state index in [4.69, 9.17) is 5.73 Å². The van der Waals surface area contributed by atoms with Crippen molar-refractivity contribution < 1.29 is 4.79 Å². The third kappa shape index (κ3) is 3.69. The van der Waals surface area contributed by atoms with Crippen LogP contribution in [0.3, 0.4) is 0 Å². The maximum absolute atomic E-state index is 12.0. The van der Waals surface area contributed by atoms with E-state index >= 15 is 0 Å². The van der Waals surface area contributed by atoms with Gasteiger partial charge in [-0.15, -0.1) is 11.3 Å². The number of nitrogens with one attached hydrogen (secondary N) is 1. The quantitative estimate of drug-likeness (QED) is 0.871. The molecule has 4 nitrogen and oxygen atoms in total. The number of nitrogens with two attached hydrogens (primary N) is 1. The smallest absolute Gasteiger partial charge is 0.270 e. The van der Waals surface area contributed by atoms with E-state index < -0.39 is 0 Å². The highest BCUT2D eigenvalue weighted by Crippen LogP contribution is 2.42. The highest BCUT2D eigenvalue weighted by Gasteiger charge is 2.34. The number of nitrogens with zero attached hydrogens (tertiary/aromatic N) is 1. The number of hydrogen-bond donors (Lipinski definition) is 2. The molecule has 1 aromatic rings. The summed E-state index contributed by atoms with van der Waals surface area (Å²) in [4.78, 5) is 16.0. The topological polar surface area (TPSA) is 68.0 Å². The molecule has 5 heteroatoms. The van der Waals surface area contributed by atoms with Gasteiger partial charge in [-0.3, -0.25) is 4.79 Å². The van der Waals surface area contributed by atoms with Crippen molar-refractivity contribution in [3.05, 3.63) is 11.1 Å². The van der Waals surface area contributed by atoms with Crippen LogP contribution in [0.15, 0.2) is 5.38 Å². The molecule has 106 valence electrons. The van der Waals surface area contributed by atoms with Crippen LogP contribution in [0.2, 0.25) is 0 Å². The minimum absolute atomic E-state index is 0.0945. The zero-order valence-corrected chi connectivity index (χ0v) is 12.6. The van der Waals surface area contributed by atoms with E-state index in [1.807, 2.05) is 0 Å². The summed E-state index contributed by atoms with van der Waals surface area (Å²) in [6.07, 6.45) is 6.21. The molecule has 3 N–H and O–H groups in total. The summed E-state index contributed by atoms with van der Waals surface area (Å²) in [6.45, 7) is 5.27. The molecule has 1 saturated carbocycles. The molecule has 0 radical (unpaired) electrons. The predicted octanol–water partition coefficient (Wildman–Crippen LogP) is 3.06. The van der Waals surface area contributed by atoms with E-state index in [0.717, 1.165) is 6.54 Å². The van der Waals surface area contributed by atoms with Gasteiger partial charge in [0.1, 0.15) is 5.69 Å². The van der Waals surface area contributed by atoms with Gasteiger partial charge in [0.05, 0.1) is 0 Å². The molecule has 19 heavy (non-hydrogen) atoms. The maximum atomic E-state index is 12.0. The Morgan fingerprint density at radius 2 is 2.21 bits per heavy atom. The van der Waals surface area contributed by atoms with Crippen LogP contribution in [0.1, 0.15) is 56.4 Å². The van der Waals surface area contributed by atoms with E-state index in [1.165, 1.54) is 43.4 Å². The largest absolute Gasteiger partial charge is 0.375 e. The average molecular weight is 281 g/mol. The van der Waals surface area contributed by atoms with E-state index in [1.54, 1.807) is 5.38 Å². The van der Waals surface area contributed by atoms with Crippen molar-refractivity contribution in [1.29, 1.82) is 0 Å². The van der Waals surface area contributed by atoms with Crippen LogP contribution in [-0.4, -0.2) is 17.4 Å². The number of amides is 1. The molecule has 0 aromatic carbocycles. The first-order valence-electron chi connectivity index (χ1n) is 7.00. The lowest BCUT2D eigenvalue weighted by Crippen LogP contribution is -2.37. The van der Waals surface area contributed by atoms with Gasteiger partial charge >= 0.3 is 0 Å². The first-order chi connectivity index (χ1) is 9.01. The summed E-state index contributed by atoms with van der Waals surface area (Å²) in [7, 11) is 0. The number of nitrogen functional groups attached to an aromatic ring is 1. The predicted molar refractivity (Wildman–Crippen MR) is 79.2 cm³/mol. The van der Waals surface area contributed by atoms with Crippen molar-refractivity contribution in [3.8, 4) is 0 Å². The van der Waals surface area contributed by atoms with Gasteiger partial charge in [0.25, 0.3) is 5.91 Å². The number of thiazole rings is 1. The third-order valence-electron chi connectivity index (χ3n) is 3.88. The Balaban J connectivity index is 1.94. The standard InChI is InChI=1S/C14H23N3OS/c1-10(2)7-14(5-3-4-6-14)9-16-12(18)11-8-19-13(15)17-11/h8,10H,3-7,9H2,1-2H3,(H2,15,17)(H,16,18). The fourth-order valence-electron chi connectivity index (χ4n) is 3.19. The van der Waals surface area contributed by atoms with Crippen molar-refractivity contribution in [2.24, 2.45) is 11.3 Å². The van der Waals surface area contributed by atoms with Crippen molar-refractivity contribution in [3.63, 3.8) is 0 Å². The lowest BCUT2D eigenvalue weighted by atomic mass is 9.78. The van der Waals surface area contributed by atoms with Crippen LogP contribution in [0, 0.1) is 11.3 Å². The SMILES string of the molecule is CC(C)CC1(CNC(=O)c2csc(N)n2)CCCC1. The van der Waals surface area contributed by atoms with Gasteiger partial charge in [-0.1, -0.05) is 26.7 Å². The lowest BCUT2D eigenvalue weighted by Gasteiger charge is -2.31. The number of carbonyl (C=O) groups excluding carboxylic acids is 1. The number of anilines is 1. The molecule has 0 atom stereocenters. The van der Waals surface area contributed by atoms with Gasteiger partial charge in [0.15, 0.2) is 5.13 Å². The molecule has 1 fully saturated rings. The monoisotopic (exact) mass is 281 g/mol. The summed E-state index contributed by atoms with van der Waals surface area (Å²) in [5, 5.41) is 5.21. The first-order valence-corrected chi connectivity index (χ1v) is 7.88. The summed E-state index contributed by atoms with van der Waals surface area (Å²) in [5.74, 6) is 0.577. The Morgan fingerprint density at radius 3 is 2.74 bits per heavy atom. The summed E-state index contributed by atoms with van der Waals surface area (Å²) < 4.78 is 0. The summed E-state index contributed by atoms with van der Waals surface area (Å²) in [6, 6.07) is 0. The van der Waals surface area contributed by atoms with Crippen molar-refractivity contribution in [2.45, 2.75) is 46.0 Å². The molecule has 0 unspecified atom stereocenters. The van der Waals surface area contributed by atoms with Crippen LogP contribution in [0.5, 0.6) is 0 Å². The van der Waals surface area contributed by atoms with Crippen LogP contribution < -0.4 is 11.1 Å². The molecule has 0 aliphatic heterocycles. The number of carbonyl (C=O) groups is 1. The molecule has 0 spiro atoms. The van der Waals surface area contributed by atoms with Gasteiger partial charge in [-0.25, -0.2) is 4.98 Å². The summed E-state index contributed by atoms with van der Waals surface area (Å²) >= 11 is 1.31. The van der Waals surface area contributed by atoms with Crippen molar-refractivity contribution in [1.82, 2.24) is 10.3 Å². The first kappa shape index (κ1) is 14.3. The second-order valence-electron chi connectivity index (χ2n) is 6.06. The summed E-state index contributed by atoms with van der Waals surface area (Å²) in [5.41, 5.74) is 6.30. The lowest BCUT2D eigenvalue weighted by molar-refractivity contribution is 0.0917. The fourth-order valence-corrected chi connectivity index (χ4v) is 3.74. The van der Waals surface area contributed by atoms with Gasteiger partial charge in [-0.2, -0.15) is 0 Å². The zero-order chi connectivity index (χ0) is 13.9. The average Bonchev–Trinajstić information content (AvgIpc) is 2.95. The van der Waals surface area contributed by atoms with Crippen molar-refractivity contribution >= 4 is 22.4 Å². The molecule has 1 aromatic heterocycles. The zero-order valence-electron chi connectivity index (χ0n) is 11.7.